The Kier molecular flexibility index (Phi) is 5.45. The zero-order valence-electron chi connectivity index (χ0n) is 12.4. The lowest BCUT2D eigenvalue weighted by atomic mass is 10.1. The number of nitrogens with one attached hydrogen (secondary N) is 1. The summed E-state index contributed by atoms with van der Waals surface area (Å²) in [5, 5.41) is 2.65. The molecule has 0 aliphatic rings. The molecule has 0 bridgehead atoms. The predicted molar refractivity (Wildman–Crippen MR) is 83.4 cm³/mol. The molecule has 0 spiro atoms. The molecule has 2 rings (SSSR count). The number of aromatic nitrogens is 2. The summed E-state index contributed by atoms with van der Waals surface area (Å²) in [5.74, 6) is -0.349. The third-order valence-electron chi connectivity index (χ3n) is 2.75. The molecule has 0 aliphatic heterocycles. The molecule has 0 saturated heterocycles. The first kappa shape index (κ1) is 17.8. The minimum Gasteiger partial charge on any atom is -0.300 e. The monoisotopic (exact) mass is 355 g/mol. The Labute approximate surface area is 139 Å². The van der Waals surface area contributed by atoms with E-state index < -0.39 is 17.6 Å². The lowest BCUT2D eigenvalue weighted by molar-refractivity contribution is -0.137. The molecule has 1 aromatic carbocycles. The second-order valence-corrected chi connectivity index (χ2v) is 5.59. The normalized spacial score (nSPS) is 11.7. The molecule has 9 heteroatoms. The van der Waals surface area contributed by atoms with Gasteiger partial charge in [-0.15, -0.1) is 0 Å². The summed E-state index contributed by atoms with van der Waals surface area (Å²) in [6.45, 7) is 1.40. The zero-order chi connectivity index (χ0) is 17.7. The molecular weight excluding hydrogens is 343 g/mol. The molecule has 1 N–H and O–H groups in total. The number of hydrogen-bond donors (Lipinski definition) is 1. The Morgan fingerprint density at radius 2 is 2.08 bits per heavy atom. The molecule has 5 nitrogen and oxygen atoms in total. The van der Waals surface area contributed by atoms with Crippen molar-refractivity contribution in [3.8, 4) is 0 Å². The van der Waals surface area contributed by atoms with E-state index in [1.165, 1.54) is 25.1 Å². The third-order valence-corrected chi connectivity index (χ3v) is 3.41. The Morgan fingerprint density at radius 1 is 1.33 bits per heavy atom. The van der Waals surface area contributed by atoms with Crippen LogP contribution >= 0.6 is 11.5 Å². The number of anilines is 1. The molecule has 0 saturated carbocycles. The number of halogens is 3. The predicted octanol–water partition coefficient (Wildman–Crippen LogP) is 3.34. The second kappa shape index (κ2) is 7.35. The van der Waals surface area contributed by atoms with Gasteiger partial charge in [0, 0.05) is 17.6 Å². The number of alkyl halides is 3. The van der Waals surface area contributed by atoms with E-state index in [1.54, 1.807) is 0 Å². The maximum Gasteiger partial charge on any atom is 0.416 e. The number of hydrogen-bond acceptors (Lipinski definition) is 5. The molecule has 24 heavy (non-hydrogen) atoms. The fraction of sp³-hybridized carbons (Fsp3) is 0.200. The zero-order valence-corrected chi connectivity index (χ0v) is 13.2. The first-order valence-corrected chi connectivity index (χ1v) is 7.50. The maximum absolute atomic E-state index is 12.6. The fourth-order valence-electron chi connectivity index (χ4n) is 1.74. The van der Waals surface area contributed by atoms with Crippen molar-refractivity contribution in [1.82, 2.24) is 9.36 Å². The van der Waals surface area contributed by atoms with Gasteiger partial charge in [-0.05, 0) is 30.7 Å². The van der Waals surface area contributed by atoms with Crippen LogP contribution in [0.5, 0.6) is 0 Å². The van der Waals surface area contributed by atoms with E-state index in [-0.39, 0.29) is 22.9 Å². The van der Waals surface area contributed by atoms with Gasteiger partial charge in [-0.25, -0.2) is 4.98 Å². The van der Waals surface area contributed by atoms with Crippen molar-refractivity contribution in [2.45, 2.75) is 19.5 Å². The molecule has 1 heterocycles. The summed E-state index contributed by atoms with van der Waals surface area (Å²) in [5.41, 5.74) is -0.544. The van der Waals surface area contributed by atoms with Gasteiger partial charge in [-0.3, -0.25) is 14.9 Å². The molecule has 126 valence electrons. The molecule has 0 atom stereocenters. The van der Waals surface area contributed by atoms with Gasteiger partial charge in [0.2, 0.25) is 11.0 Å². The molecule has 1 amide bonds. The van der Waals surface area contributed by atoms with Crippen LogP contribution in [0.1, 0.15) is 23.9 Å². The van der Waals surface area contributed by atoms with Crippen LogP contribution in [-0.4, -0.2) is 21.0 Å². The first-order chi connectivity index (χ1) is 11.2. The van der Waals surface area contributed by atoms with Crippen molar-refractivity contribution in [1.29, 1.82) is 0 Å². The van der Waals surface area contributed by atoms with Gasteiger partial charge < -0.3 is 0 Å². The van der Waals surface area contributed by atoms with Crippen molar-refractivity contribution < 1.29 is 22.8 Å². The number of carbonyl (C=O) groups excluding carboxylic acids is 2. The molecule has 1 aromatic heterocycles. The highest BCUT2D eigenvalue weighted by atomic mass is 32.1. The Bertz CT molecular complexity index is 784. The van der Waals surface area contributed by atoms with Crippen molar-refractivity contribution in [2.24, 2.45) is 0 Å². The maximum atomic E-state index is 12.6. The summed E-state index contributed by atoms with van der Waals surface area (Å²) in [6.07, 6.45) is -2.00. The minimum atomic E-state index is -4.44. The second-order valence-electron chi connectivity index (χ2n) is 4.84. The fourth-order valence-corrected chi connectivity index (χ4v) is 2.33. The van der Waals surface area contributed by atoms with Gasteiger partial charge in [0.1, 0.15) is 5.78 Å². The van der Waals surface area contributed by atoms with E-state index in [0.29, 0.717) is 5.82 Å². The molecule has 0 radical (unpaired) electrons. The van der Waals surface area contributed by atoms with Crippen LogP contribution in [0.15, 0.2) is 30.3 Å². The van der Waals surface area contributed by atoms with Gasteiger partial charge in [0.05, 0.1) is 12.0 Å². The Morgan fingerprint density at radius 3 is 2.75 bits per heavy atom. The van der Waals surface area contributed by atoms with E-state index in [4.69, 9.17) is 0 Å². The quantitative estimate of drug-likeness (QED) is 0.835. The van der Waals surface area contributed by atoms with Crippen molar-refractivity contribution in [3.05, 3.63) is 47.3 Å². The van der Waals surface area contributed by atoms with Crippen LogP contribution in [0.4, 0.5) is 18.3 Å². The van der Waals surface area contributed by atoms with Gasteiger partial charge in [-0.2, -0.15) is 17.5 Å². The topological polar surface area (TPSA) is 72.0 Å². The molecule has 2 aromatic rings. The summed E-state index contributed by atoms with van der Waals surface area (Å²) >= 11 is 0.919. The number of carbonyl (C=O) groups is 2. The smallest absolute Gasteiger partial charge is 0.300 e. The number of amides is 1. The highest BCUT2D eigenvalue weighted by Crippen LogP contribution is 2.29. The highest BCUT2D eigenvalue weighted by Gasteiger charge is 2.30. The largest absolute Gasteiger partial charge is 0.416 e. The van der Waals surface area contributed by atoms with Crippen molar-refractivity contribution in [3.63, 3.8) is 0 Å². The van der Waals surface area contributed by atoms with E-state index in [0.717, 1.165) is 29.7 Å². The lowest BCUT2D eigenvalue weighted by Gasteiger charge is -2.06. The van der Waals surface area contributed by atoms with E-state index in [9.17, 15) is 22.8 Å². The van der Waals surface area contributed by atoms with Gasteiger partial charge >= 0.3 is 6.18 Å². The number of benzene rings is 1. The lowest BCUT2D eigenvalue weighted by Crippen LogP contribution is -2.08. The van der Waals surface area contributed by atoms with Crippen LogP contribution in [0.3, 0.4) is 0 Å². The average molecular weight is 355 g/mol. The molecular formula is C15H12F3N3O2S. The number of nitrogens with zero attached hydrogens (tertiary/aromatic N) is 2. The van der Waals surface area contributed by atoms with E-state index in [2.05, 4.69) is 14.7 Å². The average Bonchev–Trinajstić information content (AvgIpc) is 2.91. The molecule has 0 unspecified atom stereocenters. The van der Waals surface area contributed by atoms with Crippen molar-refractivity contribution >= 4 is 34.4 Å². The SMILES string of the molecule is CC(=O)Cc1nsc(NC(=O)C=Cc2cccc(C(F)(F)F)c2)n1. The first-order valence-electron chi connectivity index (χ1n) is 6.72. The third kappa shape index (κ3) is 5.27. The van der Waals surface area contributed by atoms with Crippen LogP contribution in [0.25, 0.3) is 6.08 Å². The minimum absolute atomic E-state index is 0.0758. The summed E-state index contributed by atoms with van der Waals surface area (Å²) in [7, 11) is 0. The summed E-state index contributed by atoms with van der Waals surface area (Å²) < 4.78 is 41.7. The van der Waals surface area contributed by atoms with E-state index in [1.807, 2.05) is 0 Å². The van der Waals surface area contributed by atoms with Crippen LogP contribution in [0.2, 0.25) is 0 Å². The summed E-state index contributed by atoms with van der Waals surface area (Å²) in [4.78, 5) is 26.7. The van der Waals surface area contributed by atoms with Crippen LogP contribution in [0, 0.1) is 0 Å². The molecule has 0 aliphatic carbocycles. The molecule has 0 fully saturated rings. The van der Waals surface area contributed by atoms with Gasteiger partial charge in [-0.1, -0.05) is 12.1 Å². The standard InChI is InChI=1S/C15H12F3N3O2S/c1-9(22)7-12-19-14(24-21-12)20-13(23)6-5-10-3-2-4-11(8-10)15(16,17)18/h2-6,8H,7H2,1H3,(H,19,20,21,23). The summed E-state index contributed by atoms with van der Waals surface area (Å²) in [6, 6.07) is 4.61. The van der Waals surface area contributed by atoms with E-state index >= 15 is 0 Å². The van der Waals surface area contributed by atoms with Crippen molar-refractivity contribution in [2.75, 3.05) is 5.32 Å². The van der Waals surface area contributed by atoms with Gasteiger partial charge in [0.15, 0.2) is 5.82 Å². The Balaban J connectivity index is 2.00. The Hall–Kier alpha value is -2.55. The number of rotatable bonds is 5. The number of Topliss-reactive ketones (excluding diaryl/α,β-unsaturated/α-hetero) is 1. The number of ketones is 1. The van der Waals surface area contributed by atoms with Gasteiger partial charge in [0.25, 0.3) is 0 Å². The van der Waals surface area contributed by atoms with Crippen LogP contribution < -0.4 is 5.32 Å². The highest BCUT2D eigenvalue weighted by molar-refractivity contribution is 7.09. The van der Waals surface area contributed by atoms with Crippen LogP contribution in [-0.2, 0) is 22.2 Å².